The Balaban J connectivity index is 2.30. The van der Waals surface area contributed by atoms with Crippen molar-refractivity contribution in [1.29, 1.82) is 0 Å². The van der Waals surface area contributed by atoms with Crippen molar-refractivity contribution in [3.63, 3.8) is 0 Å². The topological polar surface area (TPSA) is 63.3 Å². The van der Waals surface area contributed by atoms with Gasteiger partial charge < -0.3 is 9.52 Å². The summed E-state index contributed by atoms with van der Waals surface area (Å²) >= 11 is 8.65. The molecule has 106 valence electrons. The van der Waals surface area contributed by atoms with Crippen LogP contribution < -0.4 is 5.43 Å². The van der Waals surface area contributed by atoms with E-state index in [0.29, 0.717) is 30.6 Å². The standard InChI is InChI=1S/C14H6Br2INO3/c15-6-3-7-11(20)5-12(21-13(7)8(16)4-6)9-1-2-10(19)14(17)18-9/h1-5,19H. The van der Waals surface area contributed by atoms with E-state index in [1.54, 1.807) is 12.1 Å². The summed E-state index contributed by atoms with van der Waals surface area (Å²) in [5.41, 5.74) is 0.801. The fraction of sp³-hybridized carbons (Fsp3) is 0. The smallest absolute Gasteiger partial charge is 0.193 e. The summed E-state index contributed by atoms with van der Waals surface area (Å²) in [7, 11) is 0. The van der Waals surface area contributed by atoms with Gasteiger partial charge in [-0.3, -0.25) is 4.79 Å². The molecule has 7 heteroatoms. The van der Waals surface area contributed by atoms with E-state index >= 15 is 0 Å². The number of fused-ring (bicyclic) bond motifs is 1. The van der Waals surface area contributed by atoms with Crippen molar-refractivity contribution in [2.24, 2.45) is 0 Å². The molecule has 0 spiro atoms. The lowest BCUT2D eigenvalue weighted by atomic mass is 10.2. The van der Waals surface area contributed by atoms with Crippen LogP contribution in [-0.2, 0) is 0 Å². The van der Waals surface area contributed by atoms with Crippen LogP contribution >= 0.6 is 54.5 Å². The Bertz CT molecular complexity index is 924. The highest BCUT2D eigenvalue weighted by molar-refractivity contribution is 14.1. The first-order valence-corrected chi connectivity index (χ1v) is 8.41. The minimum atomic E-state index is -0.155. The van der Waals surface area contributed by atoms with Crippen LogP contribution in [0.2, 0.25) is 0 Å². The number of nitrogens with zero attached hydrogens (tertiary/aromatic N) is 1. The molecule has 3 aromatic rings. The number of hydrogen-bond donors (Lipinski definition) is 1. The lowest BCUT2D eigenvalue weighted by Gasteiger charge is -2.05. The van der Waals surface area contributed by atoms with Crippen molar-refractivity contribution in [3.05, 3.63) is 53.2 Å². The maximum atomic E-state index is 12.2. The molecule has 0 saturated heterocycles. The van der Waals surface area contributed by atoms with Gasteiger partial charge in [0.05, 0.1) is 9.86 Å². The van der Waals surface area contributed by atoms with Crippen molar-refractivity contribution in [1.82, 2.24) is 4.98 Å². The molecule has 0 radical (unpaired) electrons. The summed E-state index contributed by atoms with van der Waals surface area (Å²) in [6.07, 6.45) is 0. The highest BCUT2D eigenvalue weighted by Gasteiger charge is 2.12. The maximum absolute atomic E-state index is 12.2. The van der Waals surface area contributed by atoms with Gasteiger partial charge in [0, 0.05) is 10.5 Å². The van der Waals surface area contributed by atoms with Gasteiger partial charge >= 0.3 is 0 Å². The largest absolute Gasteiger partial charge is 0.505 e. The third-order valence-corrected chi connectivity index (χ3v) is 4.67. The number of pyridine rings is 1. The van der Waals surface area contributed by atoms with Gasteiger partial charge in [0.1, 0.15) is 15.1 Å². The molecule has 4 nitrogen and oxygen atoms in total. The monoisotopic (exact) mass is 521 g/mol. The fourth-order valence-electron chi connectivity index (χ4n) is 1.87. The van der Waals surface area contributed by atoms with Gasteiger partial charge in [-0.15, -0.1) is 0 Å². The SMILES string of the molecule is O=c1cc(-c2ccc(O)c(I)n2)oc2c(Br)cc(Br)cc12. The van der Waals surface area contributed by atoms with E-state index in [1.165, 1.54) is 12.1 Å². The van der Waals surface area contributed by atoms with Crippen LogP contribution in [0, 0.1) is 3.70 Å². The highest BCUT2D eigenvalue weighted by Crippen LogP contribution is 2.30. The van der Waals surface area contributed by atoms with Crippen LogP contribution in [0.15, 0.2) is 48.5 Å². The first-order valence-electron chi connectivity index (χ1n) is 5.74. The highest BCUT2D eigenvalue weighted by atomic mass is 127. The predicted molar refractivity (Wildman–Crippen MR) is 95.5 cm³/mol. The molecular weight excluding hydrogens is 517 g/mol. The Morgan fingerprint density at radius 3 is 2.67 bits per heavy atom. The second-order valence-corrected chi connectivity index (χ2v) is 7.04. The first-order chi connectivity index (χ1) is 9.95. The molecule has 1 N–H and O–H groups in total. The molecule has 3 rings (SSSR count). The molecule has 2 aromatic heterocycles. The molecule has 0 aliphatic rings. The lowest BCUT2D eigenvalue weighted by molar-refractivity contribution is 0.468. The molecular formula is C14H6Br2INO3. The molecule has 0 aliphatic heterocycles. The van der Waals surface area contributed by atoms with Crippen molar-refractivity contribution in [3.8, 4) is 17.2 Å². The van der Waals surface area contributed by atoms with Gasteiger partial charge in [-0.1, -0.05) is 15.9 Å². The summed E-state index contributed by atoms with van der Waals surface area (Å²) in [6, 6.07) is 8.04. The second kappa shape index (κ2) is 5.69. The Morgan fingerprint density at radius 1 is 1.19 bits per heavy atom. The zero-order chi connectivity index (χ0) is 15.1. The summed E-state index contributed by atoms with van der Waals surface area (Å²) in [6.45, 7) is 0. The van der Waals surface area contributed by atoms with Crippen LogP contribution in [0.4, 0.5) is 0 Å². The Hall–Kier alpha value is -0.930. The molecule has 0 saturated carbocycles. The molecule has 0 atom stereocenters. The van der Waals surface area contributed by atoms with Gasteiger partial charge in [-0.2, -0.15) is 0 Å². The van der Waals surface area contributed by atoms with Crippen molar-refractivity contribution >= 4 is 65.4 Å². The summed E-state index contributed by atoms with van der Waals surface area (Å²) < 4.78 is 7.71. The summed E-state index contributed by atoms with van der Waals surface area (Å²) in [4.78, 5) is 16.5. The number of rotatable bonds is 1. The fourth-order valence-corrected chi connectivity index (χ4v) is 3.62. The normalized spacial score (nSPS) is 11.0. The third-order valence-electron chi connectivity index (χ3n) is 2.83. The molecule has 1 aromatic carbocycles. The zero-order valence-electron chi connectivity index (χ0n) is 10.2. The minimum absolute atomic E-state index is 0.0904. The van der Waals surface area contributed by atoms with Crippen molar-refractivity contribution < 1.29 is 9.52 Å². The predicted octanol–water partition coefficient (Wildman–Crippen LogP) is 4.69. The number of benzene rings is 1. The van der Waals surface area contributed by atoms with Gasteiger partial charge in [-0.25, -0.2) is 4.98 Å². The Morgan fingerprint density at radius 2 is 1.95 bits per heavy atom. The number of halogens is 3. The maximum Gasteiger partial charge on any atom is 0.193 e. The number of aromatic nitrogens is 1. The average Bonchev–Trinajstić information content (AvgIpc) is 2.43. The Kier molecular flexibility index (Phi) is 4.06. The molecule has 2 heterocycles. The van der Waals surface area contributed by atoms with Crippen LogP contribution in [-0.4, -0.2) is 10.1 Å². The zero-order valence-corrected chi connectivity index (χ0v) is 15.6. The van der Waals surface area contributed by atoms with Crippen LogP contribution in [0.3, 0.4) is 0 Å². The second-order valence-electron chi connectivity index (χ2n) is 4.25. The molecule has 0 unspecified atom stereocenters. The van der Waals surface area contributed by atoms with Gasteiger partial charge in [0.15, 0.2) is 16.8 Å². The quantitative estimate of drug-likeness (QED) is 0.372. The van der Waals surface area contributed by atoms with Crippen LogP contribution in [0.5, 0.6) is 5.75 Å². The van der Waals surface area contributed by atoms with Gasteiger partial charge in [0.2, 0.25) is 0 Å². The molecule has 0 bridgehead atoms. The summed E-state index contributed by atoms with van der Waals surface area (Å²) in [5.74, 6) is 0.445. The van der Waals surface area contributed by atoms with E-state index < -0.39 is 0 Å². The molecule has 21 heavy (non-hydrogen) atoms. The number of aromatic hydroxyl groups is 1. The van der Waals surface area contributed by atoms with E-state index in [4.69, 9.17) is 4.42 Å². The van der Waals surface area contributed by atoms with E-state index in [1.807, 2.05) is 28.7 Å². The Labute approximate surface area is 149 Å². The van der Waals surface area contributed by atoms with E-state index in [0.717, 1.165) is 4.47 Å². The summed E-state index contributed by atoms with van der Waals surface area (Å²) in [5, 5.41) is 10.00. The van der Waals surface area contributed by atoms with E-state index in [-0.39, 0.29) is 11.2 Å². The first kappa shape index (κ1) is 15.0. The van der Waals surface area contributed by atoms with Gasteiger partial charge in [0.25, 0.3) is 0 Å². The molecule has 0 aliphatic carbocycles. The van der Waals surface area contributed by atoms with E-state index in [9.17, 15) is 9.90 Å². The third kappa shape index (κ3) is 2.86. The van der Waals surface area contributed by atoms with E-state index in [2.05, 4.69) is 36.8 Å². The van der Waals surface area contributed by atoms with Gasteiger partial charge in [-0.05, 0) is 62.8 Å². The number of hydrogen-bond acceptors (Lipinski definition) is 4. The average molecular weight is 523 g/mol. The van der Waals surface area contributed by atoms with Crippen molar-refractivity contribution in [2.45, 2.75) is 0 Å². The lowest BCUT2D eigenvalue weighted by Crippen LogP contribution is -2.01. The minimum Gasteiger partial charge on any atom is -0.505 e. The van der Waals surface area contributed by atoms with Crippen LogP contribution in [0.1, 0.15) is 0 Å². The van der Waals surface area contributed by atoms with Crippen LogP contribution in [0.25, 0.3) is 22.4 Å². The molecule has 0 fully saturated rings. The van der Waals surface area contributed by atoms with Crippen molar-refractivity contribution in [2.75, 3.05) is 0 Å². The molecule has 0 amide bonds.